The van der Waals surface area contributed by atoms with Crippen LogP contribution in [0.15, 0.2) is 36.0 Å². The third-order valence-corrected chi connectivity index (χ3v) is 3.97. The predicted molar refractivity (Wildman–Crippen MR) is 77.5 cm³/mol. The van der Waals surface area contributed by atoms with Gasteiger partial charge in [0, 0.05) is 17.8 Å². The van der Waals surface area contributed by atoms with Gasteiger partial charge in [-0.1, -0.05) is 11.6 Å². The molecule has 114 valence electrons. The average molecular weight is 346 g/mol. The number of carbonyl (C=O) groups excluding carboxylic acids is 1. The zero-order valence-corrected chi connectivity index (χ0v) is 12.3. The van der Waals surface area contributed by atoms with E-state index in [1.165, 1.54) is 17.5 Å². The predicted octanol–water partition coefficient (Wildman–Crippen LogP) is 4.32. The van der Waals surface area contributed by atoms with E-state index in [-0.39, 0.29) is 16.4 Å². The molecule has 0 atom stereocenters. The Kier molecular flexibility index (Phi) is 3.57. The highest BCUT2D eigenvalue weighted by atomic mass is 35.5. The second-order valence-electron chi connectivity index (χ2n) is 4.37. The average Bonchev–Trinajstić information content (AvgIpc) is 3.00. The van der Waals surface area contributed by atoms with E-state index in [1.54, 1.807) is 16.0 Å². The van der Waals surface area contributed by atoms with Gasteiger partial charge in [0.1, 0.15) is 5.69 Å². The number of imidazole rings is 1. The van der Waals surface area contributed by atoms with Crippen molar-refractivity contribution in [3.63, 3.8) is 0 Å². The van der Waals surface area contributed by atoms with E-state index in [0.717, 1.165) is 18.2 Å². The number of alkyl halides is 3. The van der Waals surface area contributed by atoms with Crippen molar-refractivity contribution in [2.24, 2.45) is 0 Å². The first-order chi connectivity index (χ1) is 10.3. The first-order valence-electron chi connectivity index (χ1n) is 5.95. The highest BCUT2D eigenvalue weighted by Crippen LogP contribution is 2.34. The van der Waals surface area contributed by atoms with Gasteiger partial charge in [0.15, 0.2) is 4.96 Å². The normalized spacial score (nSPS) is 11.8. The molecule has 0 radical (unpaired) electrons. The van der Waals surface area contributed by atoms with Gasteiger partial charge in [0.25, 0.3) is 5.91 Å². The topological polar surface area (TPSA) is 46.4 Å². The van der Waals surface area contributed by atoms with E-state index in [4.69, 9.17) is 11.6 Å². The molecule has 3 rings (SSSR count). The van der Waals surface area contributed by atoms with Crippen molar-refractivity contribution >= 4 is 39.5 Å². The molecular formula is C13H7ClF3N3OS. The molecule has 4 nitrogen and oxygen atoms in total. The summed E-state index contributed by atoms with van der Waals surface area (Å²) in [6, 6.07) is 2.73. The first kappa shape index (κ1) is 14.9. The molecule has 0 saturated heterocycles. The highest BCUT2D eigenvalue weighted by Gasteiger charge is 2.31. The maximum absolute atomic E-state index is 12.7. The molecule has 0 fully saturated rings. The summed E-state index contributed by atoms with van der Waals surface area (Å²) in [4.78, 5) is 16.8. The molecule has 2 aromatic heterocycles. The van der Waals surface area contributed by atoms with Gasteiger partial charge >= 0.3 is 6.18 Å². The quantitative estimate of drug-likeness (QED) is 0.752. The minimum atomic E-state index is -4.51. The Morgan fingerprint density at radius 3 is 2.82 bits per heavy atom. The van der Waals surface area contributed by atoms with Crippen LogP contribution in [0.2, 0.25) is 5.02 Å². The maximum Gasteiger partial charge on any atom is 0.416 e. The molecule has 1 N–H and O–H groups in total. The molecule has 0 saturated carbocycles. The number of thiazole rings is 1. The molecule has 0 aliphatic carbocycles. The largest absolute Gasteiger partial charge is 0.416 e. The van der Waals surface area contributed by atoms with Crippen molar-refractivity contribution in [1.82, 2.24) is 9.38 Å². The molecule has 0 aliphatic rings. The second kappa shape index (κ2) is 5.29. The lowest BCUT2D eigenvalue weighted by Crippen LogP contribution is -2.14. The Labute approximate surface area is 131 Å². The third-order valence-electron chi connectivity index (χ3n) is 2.87. The van der Waals surface area contributed by atoms with Crippen molar-refractivity contribution in [2.45, 2.75) is 6.18 Å². The standard InChI is InChI=1S/C13H7ClF3N3OS/c14-8-2-1-7(13(15,16)17)5-9(8)18-11(21)10-6-20-3-4-22-12(20)19-10/h1-6H,(H,18,21). The molecule has 3 aromatic rings. The molecule has 2 heterocycles. The summed E-state index contributed by atoms with van der Waals surface area (Å²) in [5.41, 5.74) is -0.906. The van der Waals surface area contributed by atoms with Crippen LogP contribution in [0, 0.1) is 0 Å². The number of amides is 1. The summed E-state index contributed by atoms with van der Waals surface area (Å²) in [6.45, 7) is 0. The monoisotopic (exact) mass is 345 g/mol. The third kappa shape index (κ3) is 2.79. The van der Waals surface area contributed by atoms with Gasteiger partial charge in [-0.2, -0.15) is 13.2 Å². The lowest BCUT2D eigenvalue weighted by Gasteiger charge is -2.10. The van der Waals surface area contributed by atoms with Crippen LogP contribution in [0.4, 0.5) is 18.9 Å². The summed E-state index contributed by atoms with van der Waals surface area (Å²) >= 11 is 7.17. The number of hydrogen-bond donors (Lipinski definition) is 1. The van der Waals surface area contributed by atoms with Gasteiger partial charge in [-0.3, -0.25) is 9.20 Å². The Hall–Kier alpha value is -2.06. The number of halogens is 4. The molecule has 1 amide bonds. The Morgan fingerprint density at radius 2 is 2.14 bits per heavy atom. The number of hydrogen-bond acceptors (Lipinski definition) is 3. The van der Waals surface area contributed by atoms with Crippen LogP contribution in [0.1, 0.15) is 16.1 Å². The number of aromatic nitrogens is 2. The van der Waals surface area contributed by atoms with Gasteiger partial charge < -0.3 is 5.32 Å². The Balaban J connectivity index is 1.88. The molecule has 0 unspecified atom stereocenters. The second-order valence-corrected chi connectivity index (χ2v) is 5.65. The van der Waals surface area contributed by atoms with E-state index in [9.17, 15) is 18.0 Å². The Morgan fingerprint density at radius 1 is 1.36 bits per heavy atom. The number of benzene rings is 1. The number of rotatable bonds is 2. The molecule has 0 spiro atoms. The maximum atomic E-state index is 12.7. The molecule has 0 bridgehead atoms. The van der Waals surface area contributed by atoms with Crippen LogP contribution in [0.5, 0.6) is 0 Å². The summed E-state index contributed by atoms with van der Waals surface area (Å²) in [6.07, 6.45) is -1.30. The zero-order valence-electron chi connectivity index (χ0n) is 10.7. The van der Waals surface area contributed by atoms with Gasteiger partial charge in [-0.25, -0.2) is 4.98 Å². The SMILES string of the molecule is O=C(Nc1cc(C(F)(F)F)ccc1Cl)c1cn2ccsc2n1. The minimum Gasteiger partial charge on any atom is -0.319 e. The van der Waals surface area contributed by atoms with Gasteiger partial charge in [0.2, 0.25) is 0 Å². The number of nitrogens with zero attached hydrogens (tertiary/aromatic N) is 2. The first-order valence-corrected chi connectivity index (χ1v) is 7.20. The molecule has 1 aromatic carbocycles. The minimum absolute atomic E-state index is 0.0161. The lowest BCUT2D eigenvalue weighted by molar-refractivity contribution is -0.137. The van der Waals surface area contributed by atoms with Gasteiger partial charge in [-0.15, -0.1) is 11.3 Å². The summed E-state index contributed by atoms with van der Waals surface area (Å²) in [5.74, 6) is -0.628. The van der Waals surface area contributed by atoms with Gasteiger partial charge in [-0.05, 0) is 18.2 Å². The highest BCUT2D eigenvalue weighted by molar-refractivity contribution is 7.15. The number of nitrogens with one attached hydrogen (secondary N) is 1. The van der Waals surface area contributed by atoms with Crippen molar-refractivity contribution in [2.75, 3.05) is 5.32 Å². The van der Waals surface area contributed by atoms with Crippen LogP contribution >= 0.6 is 22.9 Å². The summed E-state index contributed by atoms with van der Waals surface area (Å²) in [7, 11) is 0. The number of fused-ring (bicyclic) bond motifs is 1. The fourth-order valence-electron chi connectivity index (χ4n) is 1.82. The Bertz CT molecular complexity index is 827. The van der Waals surface area contributed by atoms with Crippen molar-refractivity contribution in [1.29, 1.82) is 0 Å². The summed E-state index contributed by atoms with van der Waals surface area (Å²) < 4.78 is 39.7. The van der Waals surface area contributed by atoms with E-state index >= 15 is 0 Å². The van der Waals surface area contributed by atoms with Crippen LogP contribution in [0.25, 0.3) is 4.96 Å². The molecule has 0 aliphatic heterocycles. The van der Waals surface area contributed by atoms with E-state index < -0.39 is 17.6 Å². The van der Waals surface area contributed by atoms with Crippen LogP contribution < -0.4 is 5.32 Å². The van der Waals surface area contributed by atoms with Crippen LogP contribution in [-0.2, 0) is 6.18 Å². The lowest BCUT2D eigenvalue weighted by atomic mass is 10.2. The van der Waals surface area contributed by atoms with Gasteiger partial charge in [0.05, 0.1) is 16.3 Å². The molecular weight excluding hydrogens is 339 g/mol. The van der Waals surface area contributed by atoms with Crippen molar-refractivity contribution in [3.8, 4) is 0 Å². The zero-order chi connectivity index (χ0) is 15.9. The van der Waals surface area contributed by atoms with E-state index in [1.807, 2.05) is 0 Å². The molecule has 9 heteroatoms. The fraction of sp³-hybridized carbons (Fsp3) is 0.0769. The van der Waals surface area contributed by atoms with Crippen LogP contribution in [-0.4, -0.2) is 15.3 Å². The van der Waals surface area contributed by atoms with E-state index in [0.29, 0.717) is 4.96 Å². The van der Waals surface area contributed by atoms with E-state index in [2.05, 4.69) is 10.3 Å². The van der Waals surface area contributed by atoms with Crippen molar-refractivity contribution in [3.05, 3.63) is 52.3 Å². The fourth-order valence-corrected chi connectivity index (χ4v) is 2.69. The molecule has 22 heavy (non-hydrogen) atoms. The van der Waals surface area contributed by atoms with Crippen molar-refractivity contribution < 1.29 is 18.0 Å². The van der Waals surface area contributed by atoms with Crippen LogP contribution in [0.3, 0.4) is 0 Å². The number of anilines is 1. The smallest absolute Gasteiger partial charge is 0.319 e. The summed E-state index contributed by atoms with van der Waals surface area (Å²) in [5, 5.41) is 4.16. The number of carbonyl (C=O) groups is 1.